The summed E-state index contributed by atoms with van der Waals surface area (Å²) in [4.78, 5) is 0. The summed E-state index contributed by atoms with van der Waals surface area (Å²) in [5, 5.41) is 12.1. The van der Waals surface area contributed by atoms with Crippen LogP contribution in [0.25, 0.3) is 0 Å². The minimum Gasteiger partial charge on any atom is -0.508 e. The Labute approximate surface area is 116 Å². The molecule has 0 aliphatic carbocycles. The number of nitrogens with one attached hydrogen (secondary N) is 1. The van der Waals surface area contributed by atoms with Crippen molar-refractivity contribution in [1.82, 2.24) is 0 Å². The van der Waals surface area contributed by atoms with Gasteiger partial charge in [0.25, 0.3) is 0 Å². The average molecular weight is 306 g/mol. The molecule has 2 aromatic rings. The van der Waals surface area contributed by atoms with Gasteiger partial charge >= 0.3 is 0 Å². The van der Waals surface area contributed by atoms with E-state index in [1.807, 2.05) is 6.07 Å². The average Bonchev–Trinajstić information content (AvgIpc) is 2.76. The van der Waals surface area contributed by atoms with Crippen LogP contribution >= 0.6 is 15.9 Å². The Kier molecular flexibility index (Phi) is 4.26. The molecule has 18 heavy (non-hydrogen) atoms. The molecule has 1 aliphatic rings. The predicted octanol–water partition coefficient (Wildman–Crippen LogP) is 4.12. The van der Waals surface area contributed by atoms with Gasteiger partial charge in [-0.3, -0.25) is 0 Å². The molecule has 0 fully saturated rings. The molecule has 0 spiro atoms. The molecule has 0 amide bonds. The zero-order valence-electron chi connectivity index (χ0n) is 10.3. The number of phenolic OH excluding ortho intramolecular Hbond substituents is 1. The minimum atomic E-state index is 0.291. The van der Waals surface area contributed by atoms with E-state index in [9.17, 15) is 0 Å². The van der Waals surface area contributed by atoms with Gasteiger partial charge in [-0.25, -0.2) is 0 Å². The molecule has 0 unspecified atom stereocenters. The topological polar surface area (TPSA) is 32.3 Å². The van der Waals surface area contributed by atoms with E-state index in [0.717, 1.165) is 11.0 Å². The van der Waals surface area contributed by atoms with Crippen LogP contribution < -0.4 is 5.32 Å². The summed E-state index contributed by atoms with van der Waals surface area (Å²) in [5.74, 6) is 0.291. The van der Waals surface area contributed by atoms with Crippen molar-refractivity contribution in [2.24, 2.45) is 0 Å². The van der Waals surface area contributed by atoms with Gasteiger partial charge in [-0.05, 0) is 43.2 Å². The second kappa shape index (κ2) is 5.91. The first-order chi connectivity index (χ1) is 8.65. The Morgan fingerprint density at radius 3 is 2.67 bits per heavy atom. The second-order valence-corrected chi connectivity index (χ2v) is 5.23. The zero-order chi connectivity index (χ0) is 13.0. The lowest BCUT2D eigenvalue weighted by Gasteiger charge is -1.98. The van der Waals surface area contributed by atoms with Crippen molar-refractivity contribution in [1.29, 1.82) is 0 Å². The Balaban J connectivity index is 0.000000138. The number of fused-ring (bicyclic) bond motifs is 1. The SMILES string of the molecule is Cc1ccc2c(c1)CCN2.Oc1cccc(Br)c1. The third-order valence-corrected chi connectivity index (χ3v) is 3.27. The number of hydrogen-bond acceptors (Lipinski definition) is 2. The Morgan fingerprint density at radius 2 is 2.00 bits per heavy atom. The summed E-state index contributed by atoms with van der Waals surface area (Å²) in [7, 11) is 0. The molecule has 2 aromatic carbocycles. The fourth-order valence-electron chi connectivity index (χ4n) is 1.91. The van der Waals surface area contributed by atoms with Crippen LogP contribution in [0.15, 0.2) is 46.9 Å². The summed E-state index contributed by atoms with van der Waals surface area (Å²) in [5.41, 5.74) is 4.16. The van der Waals surface area contributed by atoms with Gasteiger partial charge in [0.2, 0.25) is 0 Å². The summed E-state index contributed by atoms with van der Waals surface area (Å²) in [6, 6.07) is 13.5. The summed E-state index contributed by atoms with van der Waals surface area (Å²) < 4.78 is 0.900. The van der Waals surface area contributed by atoms with Gasteiger partial charge in [0.05, 0.1) is 0 Å². The maximum absolute atomic E-state index is 8.78. The monoisotopic (exact) mass is 305 g/mol. The normalized spacial score (nSPS) is 12.1. The van der Waals surface area contributed by atoms with E-state index >= 15 is 0 Å². The van der Waals surface area contributed by atoms with Crippen molar-refractivity contribution < 1.29 is 5.11 Å². The Bertz CT molecular complexity index is 523. The number of hydrogen-bond donors (Lipinski definition) is 2. The summed E-state index contributed by atoms with van der Waals surface area (Å²) in [6.45, 7) is 3.25. The fourth-order valence-corrected chi connectivity index (χ4v) is 2.30. The van der Waals surface area contributed by atoms with Crippen LogP contribution in [0.2, 0.25) is 0 Å². The molecule has 1 heterocycles. The highest BCUT2D eigenvalue weighted by atomic mass is 79.9. The van der Waals surface area contributed by atoms with Gasteiger partial charge in [0.15, 0.2) is 0 Å². The van der Waals surface area contributed by atoms with Gasteiger partial charge < -0.3 is 10.4 Å². The van der Waals surface area contributed by atoms with Gasteiger partial charge in [0.1, 0.15) is 5.75 Å². The number of aromatic hydroxyl groups is 1. The molecular formula is C15H16BrNO. The second-order valence-electron chi connectivity index (χ2n) is 4.32. The van der Waals surface area contributed by atoms with Gasteiger partial charge in [-0.2, -0.15) is 0 Å². The molecule has 2 nitrogen and oxygen atoms in total. The number of anilines is 1. The Hall–Kier alpha value is -1.48. The van der Waals surface area contributed by atoms with Crippen LogP contribution in [0.5, 0.6) is 5.75 Å². The lowest BCUT2D eigenvalue weighted by molar-refractivity contribution is 0.475. The highest BCUT2D eigenvalue weighted by molar-refractivity contribution is 9.10. The largest absolute Gasteiger partial charge is 0.508 e. The molecule has 2 N–H and O–H groups in total. The van der Waals surface area contributed by atoms with Crippen LogP contribution in [-0.2, 0) is 6.42 Å². The Morgan fingerprint density at radius 1 is 1.17 bits per heavy atom. The van der Waals surface area contributed by atoms with Crippen molar-refractivity contribution in [2.75, 3.05) is 11.9 Å². The van der Waals surface area contributed by atoms with Gasteiger partial charge in [-0.15, -0.1) is 0 Å². The van der Waals surface area contributed by atoms with Crippen LogP contribution in [0, 0.1) is 6.92 Å². The van der Waals surface area contributed by atoms with E-state index in [2.05, 4.69) is 46.4 Å². The molecule has 3 heteroatoms. The first kappa shape index (κ1) is 13.0. The van der Waals surface area contributed by atoms with Crippen LogP contribution in [-0.4, -0.2) is 11.7 Å². The minimum absolute atomic E-state index is 0.291. The zero-order valence-corrected chi connectivity index (χ0v) is 11.9. The third kappa shape index (κ3) is 3.50. The smallest absolute Gasteiger partial charge is 0.116 e. The summed E-state index contributed by atoms with van der Waals surface area (Å²) >= 11 is 3.20. The van der Waals surface area contributed by atoms with E-state index in [1.54, 1.807) is 18.2 Å². The van der Waals surface area contributed by atoms with E-state index in [4.69, 9.17) is 5.11 Å². The molecule has 0 saturated heterocycles. The van der Waals surface area contributed by atoms with E-state index in [0.29, 0.717) is 5.75 Å². The third-order valence-electron chi connectivity index (χ3n) is 2.78. The van der Waals surface area contributed by atoms with Crippen molar-refractivity contribution in [3.63, 3.8) is 0 Å². The number of rotatable bonds is 0. The highest BCUT2D eigenvalue weighted by Crippen LogP contribution is 2.22. The summed E-state index contributed by atoms with van der Waals surface area (Å²) in [6.07, 6.45) is 1.19. The van der Waals surface area contributed by atoms with Crippen molar-refractivity contribution in [2.45, 2.75) is 13.3 Å². The molecule has 3 rings (SSSR count). The molecule has 0 atom stereocenters. The fraction of sp³-hybridized carbons (Fsp3) is 0.200. The first-order valence-corrected chi connectivity index (χ1v) is 6.72. The van der Waals surface area contributed by atoms with Gasteiger partial charge in [-0.1, -0.05) is 39.7 Å². The maximum atomic E-state index is 8.78. The lowest BCUT2D eigenvalue weighted by atomic mass is 10.1. The number of halogens is 1. The van der Waals surface area contributed by atoms with Crippen molar-refractivity contribution >= 4 is 21.6 Å². The van der Waals surface area contributed by atoms with Crippen molar-refractivity contribution in [3.05, 3.63) is 58.1 Å². The van der Waals surface area contributed by atoms with Crippen molar-refractivity contribution in [3.8, 4) is 5.75 Å². The van der Waals surface area contributed by atoms with Crippen LogP contribution in [0.1, 0.15) is 11.1 Å². The standard InChI is InChI=1S/C9H11N.C6H5BrO/c1-7-2-3-9-8(6-7)4-5-10-9;7-5-2-1-3-6(8)4-5/h2-3,6,10H,4-5H2,1H3;1-4,8H. The van der Waals surface area contributed by atoms with Crippen LogP contribution in [0.3, 0.4) is 0 Å². The molecular weight excluding hydrogens is 290 g/mol. The first-order valence-electron chi connectivity index (χ1n) is 5.93. The van der Waals surface area contributed by atoms with E-state index in [-0.39, 0.29) is 0 Å². The maximum Gasteiger partial charge on any atom is 0.116 e. The van der Waals surface area contributed by atoms with E-state index in [1.165, 1.54) is 23.2 Å². The number of benzene rings is 2. The highest BCUT2D eigenvalue weighted by Gasteiger charge is 2.07. The predicted molar refractivity (Wildman–Crippen MR) is 79.2 cm³/mol. The van der Waals surface area contributed by atoms with Crippen LogP contribution in [0.4, 0.5) is 5.69 Å². The van der Waals surface area contributed by atoms with E-state index < -0.39 is 0 Å². The molecule has 0 aromatic heterocycles. The molecule has 0 saturated carbocycles. The van der Waals surface area contributed by atoms with Gasteiger partial charge in [0, 0.05) is 16.7 Å². The molecule has 1 aliphatic heterocycles. The number of aryl methyl sites for hydroxylation is 1. The quantitative estimate of drug-likeness (QED) is 0.767. The molecule has 0 radical (unpaired) electrons. The lowest BCUT2D eigenvalue weighted by Crippen LogP contribution is -1.90. The molecule has 0 bridgehead atoms. The molecule has 94 valence electrons. The number of phenols is 1.